The summed E-state index contributed by atoms with van der Waals surface area (Å²) in [6.45, 7) is 4.70. The molecule has 0 saturated heterocycles. The third-order valence-electron chi connectivity index (χ3n) is 14.1. The van der Waals surface area contributed by atoms with Gasteiger partial charge in [0.2, 0.25) is 0 Å². The quantitative estimate of drug-likeness (QED) is 0.173. The number of benzene rings is 10. The van der Waals surface area contributed by atoms with Gasteiger partial charge in [0.15, 0.2) is 0 Å². The van der Waals surface area contributed by atoms with E-state index in [1.54, 1.807) is 0 Å². The van der Waals surface area contributed by atoms with Crippen LogP contribution in [0.25, 0.3) is 108 Å². The van der Waals surface area contributed by atoms with E-state index in [2.05, 4.69) is 207 Å². The highest BCUT2D eigenvalue weighted by atomic mass is 32.1. The third-order valence-corrected chi connectivity index (χ3v) is 15.3. The molecule has 0 unspecified atom stereocenters. The lowest BCUT2D eigenvalue weighted by Crippen LogP contribution is -2.16. The van der Waals surface area contributed by atoms with Crippen LogP contribution in [0, 0.1) is 0 Å². The van der Waals surface area contributed by atoms with Gasteiger partial charge >= 0.3 is 0 Å². The highest BCUT2D eigenvalue weighted by molar-refractivity contribution is 7.26. The first-order valence-electron chi connectivity index (χ1n) is 22.3. The molecule has 4 heteroatoms. The molecule has 0 N–H and O–H groups in total. The number of hydrogen-bond acceptors (Lipinski definition) is 4. The van der Waals surface area contributed by atoms with Crippen LogP contribution in [-0.2, 0) is 5.41 Å². The Labute approximate surface area is 379 Å². The van der Waals surface area contributed by atoms with E-state index in [0.717, 1.165) is 82.8 Å². The number of rotatable bonds is 5. The molecule has 3 nitrogen and oxygen atoms in total. The predicted molar refractivity (Wildman–Crippen MR) is 275 cm³/mol. The molecule has 1 aliphatic carbocycles. The zero-order chi connectivity index (χ0) is 43.0. The molecular weight excluding hydrogens is 811 g/mol. The van der Waals surface area contributed by atoms with Crippen LogP contribution in [0.15, 0.2) is 209 Å². The SMILES string of the molecule is CC1(C)c2ccccc2-c2ccc(N(c3ccc(-c4cccc5c4sc4ccccc45)cc3)c3ccc4c(c3)oc3c(-c5cccc6c5oc5ccccc56)c5ccccc5cc34)cc21. The molecule has 0 radical (unpaired) electrons. The maximum atomic E-state index is 7.16. The van der Waals surface area contributed by atoms with E-state index in [1.165, 1.54) is 53.6 Å². The number of para-hydroxylation sites is 2. The fourth-order valence-corrected chi connectivity index (χ4v) is 12.2. The minimum Gasteiger partial charge on any atom is -0.455 e. The van der Waals surface area contributed by atoms with Gasteiger partial charge in [-0.15, -0.1) is 11.3 Å². The Hall–Kier alpha value is -7.92. The van der Waals surface area contributed by atoms with Crippen LogP contribution in [0.5, 0.6) is 0 Å². The minimum atomic E-state index is -0.149. The van der Waals surface area contributed by atoms with Crippen molar-refractivity contribution in [1.29, 1.82) is 0 Å². The van der Waals surface area contributed by atoms with Gasteiger partial charge < -0.3 is 13.7 Å². The van der Waals surface area contributed by atoms with Crippen molar-refractivity contribution in [3.63, 3.8) is 0 Å². The maximum absolute atomic E-state index is 7.16. The van der Waals surface area contributed by atoms with Crippen LogP contribution in [0.3, 0.4) is 0 Å². The van der Waals surface area contributed by atoms with Crippen molar-refractivity contribution in [3.8, 4) is 33.4 Å². The summed E-state index contributed by atoms with van der Waals surface area (Å²) in [5, 5.41) is 9.26. The molecule has 13 aromatic rings. The summed E-state index contributed by atoms with van der Waals surface area (Å²) in [6, 6.07) is 72.8. The summed E-state index contributed by atoms with van der Waals surface area (Å²) < 4.78 is 16.4. The van der Waals surface area contributed by atoms with Crippen LogP contribution >= 0.6 is 11.3 Å². The smallest absolute Gasteiger partial charge is 0.144 e. The van der Waals surface area contributed by atoms with E-state index in [4.69, 9.17) is 8.83 Å². The fourth-order valence-electron chi connectivity index (χ4n) is 11.0. The fraction of sp³-hybridized carbons (Fsp3) is 0.0492. The van der Waals surface area contributed by atoms with Crippen molar-refractivity contribution in [2.45, 2.75) is 19.3 Å². The molecule has 0 saturated carbocycles. The van der Waals surface area contributed by atoms with Crippen LogP contribution < -0.4 is 4.90 Å². The molecule has 0 bridgehead atoms. The Bertz CT molecular complexity index is 4110. The summed E-state index contributed by atoms with van der Waals surface area (Å²) in [6.07, 6.45) is 0. The van der Waals surface area contributed by atoms with E-state index in [0.29, 0.717) is 0 Å². The van der Waals surface area contributed by atoms with Gasteiger partial charge in [-0.05, 0) is 98.8 Å². The molecule has 65 heavy (non-hydrogen) atoms. The number of nitrogens with zero attached hydrogens (tertiary/aromatic N) is 1. The molecule has 0 amide bonds. The topological polar surface area (TPSA) is 29.5 Å². The maximum Gasteiger partial charge on any atom is 0.144 e. The average Bonchev–Trinajstić information content (AvgIpc) is 4.09. The summed E-state index contributed by atoms with van der Waals surface area (Å²) in [7, 11) is 0. The lowest BCUT2D eigenvalue weighted by atomic mass is 9.82. The first-order chi connectivity index (χ1) is 32.0. The van der Waals surface area contributed by atoms with E-state index >= 15 is 0 Å². The van der Waals surface area contributed by atoms with Crippen molar-refractivity contribution in [1.82, 2.24) is 0 Å². The van der Waals surface area contributed by atoms with E-state index in [-0.39, 0.29) is 5.41 Å². The zero-order valence-corrected chi connectivity index (χ0v) is 36.5. The monoisotopic (exact) mass is 849 g/mol. The number of thiophene rings is 1. The molecule has 0 fully saturated rings. The molecule has 306 valence electrons. The Morgan fingerprint density at radius 1 is 0.400 bits per heavy atom. The number of hydrogen-bond donors (Lipinski definition) is 0. The van der Waals surface area contributed by atoms with Crippen LogP contribution in [-0.4, -0.2) is 0 Å². The second-order valence-electron chi connectivity index (χ2n) is 18.0. The molecule has 0 spiro atoms. The van der Waals surface area contributed by atoms with Gasteiger partial charge in [-0.25, -0.2) is 0 Å². The normalized spacial score (nSPS) is 13.2. The van der Waals surface area contributed by atoms with Gasteiger partial charge in [-0.1, -0.05) is 153 Å². The minimum absolute atomic E-state index is 0.149. The van der Waals surface area contributed by atoms with Crippen molar-refractivity contribution >= 4 is 103 Å². The van der Waals surface area contributed by atoms with Crippen molar-refractivity contribution in [3.05, 3.63) is 211 Å². The molecule has 14 rings (SSSR count). The highest BCUT2D eigenvalue weighted by Gasteiger charge is 2.36. The molecule has 10 aromatic carbocycles. The number of fused-ring (bicyclic) bond motifs is 13. The Morgan fingerprint density at radius 2 is 1.03 bits per heavy atom. The summed E-state index contributed by atoms with van der Waals surface area (Å²) >= 11 is 1.87. The molecule has 0 atom stereocenters. The molecular formula is C61H39NO2S. The summed E-state index contributed by atoms with van der Waals surface area (Å²) in [5.74, 6) is 0. The largest absolute Gasteiger partial charge is 0.455 e. The second kappa shape index (κ2) is 13.5. The molecule has 3 aromatic heterocycles. The Morgan fingerprint density at radius 3 is 1.92 bits per heavy atom. The van der Waals surface area contributed by atoms with Crippen molar-refractivity contribution < 1.29 is 8.83 Å². The number of furan rings is 2. The van der Waals surface area contributed by atoms with Gasteiger partial charge in [-0.3, -0.25) is 0 Å². The average molecular weight is 850 g/mol. The number of anilines is 3. The zero-order valence-electron chi connectivity index (χ0n) is 35.7. The van der Waals surface area contributed by atoms with E-state index < -0.39 is 0 Å². The van der Waals surface area contributed by atoms with Gasteiger partial charge in [0.25, 0.3) is 0 Å². The lowest BCUT2D eigenvalue weighted by Gasteiger charge is -2.28. The second-order valence-corrected chi connectivity index (χ2v) is 19.0. The van der Waals surface area contributed by atoms with Gasteiger partial charge in [0.05, 0.1) is 0 Å². The van der Waals surface area contributed by atoms with Crippen LogP contribution in [0.4, 0.5) is 17.1 Å². The van der Waals surface area contributed by atoms with E-state index in [9.17, 15) is 0 Å². The van der Waals surface area contributed by atoms with Gasteiger partial charge in [0, 0.05) is 81.4 Å². The molecule has 3 heterocycles. The summed E-state index contributed by atoms with van der Waals surface area (Å²) in [5.41, 5.74) is 16.3. The van der Waals surface area contributed by atoms with E-state index in [1.807, 2.05) is 23.5 Å². The lowest BCUT2D eigenvalue weighted by molar-refractivity contribution is 0.660. The third kappa shape index (κ3) is 5.29. The van der Waals surface area contributed by atoms with Gasteiger partial charge in [-0.2, -0.15) is 0 Å². The standard InChI is InChI=1S/C61H39NO2S/c1-61(2)52-22-8-5-15-43(52)44-31-29-39(34-53(44)61)62(38-27-25-36(26-28-38)42-18-11-20-49-47-17-7-10-24-56(47)65-60(42)49)40-30-32-46-51-33-37-13-3-4-14-41(37)57(59(51)64-55(46)35-40)50-21-12-19-48-45-16-6-9-23-54(45)63-58(48)50/h3-35H,1-2H3. The van der Waals surface area contributed by atoms with Crippen molar-refractivity contribution in [2.24, 2.45) is 0 Å². The van der Waals surface area contributed by atoms with Crippen molar-refractivity contribution in [2.75, 3.05) is 4.90 Å². The van der Waals surface area contributed by atoms with Gasteiger partial charge in [0.1, 0.15) is 22.3 Å². The first-order valence-corrected chi connectivity index (χ1v) is 23.1. The Balaban J connectivity index is 0.965. The van der Waals surface area contributed by atoms with Crippen LogP contribution in [0.1, 0.15) is 25.0 Å². The van der Waals surface area contributed by atoms with Crippen LogP contribution in [0.2, 0.25) is 0 Å². The Kier molecular flexibility index (Phi) is 7.62. The first kappa shape index (κ1) is 36.6. The summed E-state index contributed by atoms with van der Waals surface area (Å²) in [4.78, 5) is 2.39. The molecule has 1 aliphatic rings. The molecule has 0 aliphatic heterocycles. The predicted octanol–water partition coefficient (Wildman–Crippen LogP) is 18.1. The highest BCUT2D eigenvalue weighted by Crippen LogP contribution is 2.52.